The molecular formula is C24H23FN4O. The quantitative estimate of drug-likeness (QED) is 0.407. The Morgan fingerprint density at radius 1 is 1.00 bits per heavy atom. The van der Waals surface area contributed by atoms with E-state index in [1.165, 1.54) is 25.3 Å². The predicted molar refractivity (Wildman–Crippen MR) is 113 cm³/mol. The molecule has 0 bridgehead atoms. The lowest BCUT2D eigenvalue weighted by atomic mass is 9.95. The van der Waals surface area contributed by atoms with Gasteiger partial charge in [-0.2, -0.15) is 10.1 Å². The summed E-state index contributed by atoms with van der Waals surface area (Å²) in [6.07, 6.45) is 7.75. The van der Waals surface area contributed by atoms with Crippen molar-refractivity contribution in [3.8, 4) is 34.1 Å². The van der Waals surface area contributed by atoms with E-state index >= 15 is 0 Å². The summed E-state index contributed by atoms with van der Waals surface area (Å²) < 4.78 is 21.9. The van der Waals surface area contributed by atoms with Gasteiger partial charge in [-0.3, -0.25) is 4.68 Å². The van der Waals surface area contributed by atoms with Gasteiger partial charge in [0, 0.05) is 5.56 Å². The highest BCUT2D eigenvalue weighted by Gasteiger charge is 2.25. The van der Waals surface area contributed by atoms with E-state index in [1.807, 2.05) is 25.1 Å². The number of aromatic nitrogens is 4. The van der Waals surface area contributed by atoms with Crippen molar-refractivity contribution in [1.82, 2.24) is 19.9 Å². The van der Waals surface area contributed by atoms with Crippen LogP contribution in [-0.4, -0.2) is 19.9 Å². The van der Waals surface area contributed by atoms with Gasteiger partial charge < -0.3 is 4.52 Å². The summed E-state index contributed by atoms with van der Waals surface area (Å²) in [5, 5.41) is 8.90. The van der Waals surface area contributed by atoms with Crippen LogP contribution >= 0.6 is 0 Å². The lowest BCUT2D eigenvalue weighted by Gasteiger charge is -2.24. The molecule has 0 saturated heterocycles. The summed E-state index contributed by atoms with van der Waals surface area (Å²) in [5.74, 6) is 0.222. The number of hydrogen-bond donors (Lipinski definition) is 0. The number of nitrogens with zero attached hydrogens (tertiary/aromatic N) is 4. The van der Waals surface area contributed by atoms with Gasteiger partial charge in [-0.15, -0.1) is 0 Å². The third-order valence-electron chi connectivity index (χ3n) is 5.78. The molecule has 1 aliphatic rings. The normalized spacial score (nSPS) is 14.9. The lowest BCUT2D eigenvalue weighted by Crippen LogP contribution is -2.15. The van der Waals surface area contributed by atoms with E-state index in [0.29, 0.717) is 17.4 Å². The Morgan fingerprint density at radius 3 is 2.60 bits per heavy atom. The van der Waals surface area contributed by atoms with Crippen LogP contribution in [0.1, 0.15) is 43.7 Å². The van der Waals surface area contributed by atoms with Crippen molar-refractivity contribution in [3.63, 3.8) is 0 Å². The van der Waals surface area contributed by atoms with Crippen LogP contribution in [0.5, 0.6) is 0 Å². The van der Waals surface area contributed by atoms with Crippen LogP contribution in [0.25, 0.3) is 34.1 Å². The minimum Gasteiger partial charge on any atom is -0.334 e. The molecule has 0 amide bonds. The van der Waals surface area contributed by atoms with Crippen molar-refractivity contribution in [1.29, 1.82) is 0 Å². The molecule has 2 aromatic carbocycles. The molecule has 0 atom stereocenters. The Kier molecular flexibility index (Phi) is 4.91. The largest absolute Gasteiger partial charge is 0.334 e. The van der Waals surface area contributed by atoms with E-state index in [1.54, 1.807) is 18.3 Å². The van der Waals surface area contributed by atoms with E-state index in [9.17, 15) is 4.39 Å². The molecule has 2 aromatic heterocycles. The molecule has 152 valence electrons. The molecule has 1 aliphatic carbocycles. The molecule has 5 nitrogen and oxygen atoms in total. The fourth-order valence-electron chi connectivity index (χ4n) is 4.26. The van der Waals surface area contributed by atoms with Gasteiger partial charge >= 0.3 is 0 Å². The summed E-state index contributed by atoms with van der Waals surface area (Å²) in [6, 6.07) is 15.4. The molecule has 1 saturated carbocycles. The molecule has 2 heterocycles. The van der Waals surface area contributed by atoms with Crippen LogP contribution in [0.2, 0.25) is 0 Å². The molecule has 0 N–H and O–H groups in total. The van der Waals surface area contributed by atoms with Gasteiger partial charge in [0.25, 0.3) is 5.89 Å². The van der Waals surface area contributed by atoms with Gasteiger partial charge in [0.1, 0.15) is 5.82 Å². The van der Waals surface area contributed by atoms with Crippen molar-refractivity contribution < 1.29 is 8.91 Å². The Bertz CT molecular complexity index is 1160. The summed E-state index contributed by atoms with van der Waals surface area (Å²) in [7, 11) is 0. The monoisotopic (exact) mass is 402 g/mol. The number of aryl methyl sites for hydroxylation is 1. The Labute approximate surface area is 174 Å². The van der Waals surface area contributed by atoms with Crippen molar-refractivity contribution >= 4 is 0 Å². The maximum atomic E-state index is 14.3. The van der Waals surface area contributed by atoms with Crippen LogP contribution in [0, 0.1) is 12.7 Å². The second kappa shape index (κ2) is 7.86. The van der Waals surface area contributed by atoms with Gasteiger partial charge in [0.2, 0.25) is 5.82 Å². The first-order valence-corrected chi connectivity index (χ1v) is 10.4. The highest BCUT2D eigenvalue weighted by Crippen LogP contribution is 2.37. The molecule has 30 heavy (non-hydrogen) atoms. The second-order valence-corrected chi connectivity index (χ2v) is 7.92. The number of benzene rings is 2. The first-order chi connectivity index (χ1) is 14.7. The third-order valence-corrected chi connectivity index (χ3v) is 5.78. The van der Waals surface area contributed by atoms with E-state index < -0.39 is 0 Å². The van der Waals surface area contributed by atoms with E-state index in [-0.39, 0.29) is 11.7 Å². The fourth-order valence-corrected chi connectivity index (χ4v) is 4.26. The van der Waals surface area contributed by atoms with Crippen molar-refractivity contribution in [2.45, 2.75) is 45.1 Å². The van der Waals surface area contributed by atoms with Crippen LogP contribution in [-0.2, 0) is 0 Å². The molecule has 5 rings (SSSR count). The second-order valence-electron chi connectivity index (χ2n) is 7.92. The lowest BCUT2D eigenvalue weighted by molar-refractivity contribution is 0.332. The Morgan fingerprint density at radius 2 is 1.80 bits per heavy atom. The van der Waals surface area contributed by atoms with Gasteiger partial charge in [0.15, 0.2) is 0 Å². The molecule has 0 spiro atoms. The Balaban J connectivity index is 1.61. The topological polar surface area (TPSA) is 56.7 Å². The molecule has 0 radical (unpaired) electrons. The highest BCUT2D eigenvalue weighted by molar-refractivity contribution is 5.78. The molecule has 0 aliphatic heterocycles. The first-order valence-electron chi connectivity index (χ1n) is 10.4. The van der Waals surface area contributed by atoms with Crippen LogP contribution in [0.15, 0.2) is 59.3 Å². The zero-order valence-corrected chi connectivity index (χ0v) is 16.9. The van der Waals surface area contributed by atoms with Crippen LogP contribution in [0.4, 0.5) is 4.39 Å². The molecular weight excluding hydrogens is 379 g/mol. The maximum Gasteiger partial charge on any atom is 0.261 e. The summed E-state index contributed by atoms with van der Waals surface area (Å²) in [4.78, 5) is 4.53. The van der Waals surface area contributed by atoms with E-state index in [4.69, 9.17) is 9.62 Å². The number of halogens is 1. The Hall–Kier alpha value is -3.28. The predicted octanol–water partition coefficient (Wildman–Crippen LogP) is 6.22. The zero-order chi connectivity index (χ0) is 20.5. The van der Waals surface area contributed by atoms with Gasteiger partial charge in [-0.05, 0) is 31.9 Å². The molecule has 6 heteroatoms. The molecule has 0 unspecified atom stereocenters. The SMILES string of the molecule is Cc1ccc(F)c(-c2nc(-c3cnn(C4CCCCC4)c3-c3ccccc3)no2)c1. The minimum absolute atomic E-state index is 0.177. The zero-order valence-electron chi connectivity index (χ0n) is 16.9. The molecule has 1 fully saturated rings. The minimum atomic E-state index is -0.378. The maximum absolute atomic E-state index is 14.3. The summed E-state index contributed by atoms with van der Waals surface area (Å²) in [6.45, 7) is 1.90. The smallest absolute Gasteiger partial charge is 0.261 e. The van der Waals surface area contributed by atoms with Crippen molar-refractivity contribution in [2.24, 2.45) is 0 Å². The molecule has 4 aromatic rings. The van der Waals surface area contributed by atoms with E-state index in [2.05, 4.69) is 27.0 Å². The number of hydrogen-bond acceptors (Lipinski definition) is 4. The summed E-state index contributed by atoms with van der Waals surface area (Å²) in [5.41, 5.74) is 4.09. The highest BCUT2D eigenvalue weighted by atomic mass is 19.1. The average Bonchev–Trinajstić information content (AvgIpc) is 3.44. The van der Waals surface area contributed by atoms with Gasteiger partial charge in [0.05, 0.1) is 29.1 Å². The fraction of sp³-hybridized carbons (Fsp3) is 0.292. The first kappa shape index (κ1) is 18.7. The summed E-state index contributed by atoms with van der Waals surface area (Å²) >= 11 is 0. The van der Waals surface area contributed by atoms with E-state index in [0.717, 1.165) is 35.2 Å². The van der Waals surface area contributed by atoms with Gasteiger partial charge in [-0.25, -0.2) is 4.39 Å². The standard InChI is InChI=1S/C24H23FN4O/c1-16-12-13-21(25)19(14-16)24-27-23(28-30-24)20-15-26-29(18-10-6-3-7-11-18)22(20)17-8-4-2-5-9-17/h2,4-5,8-9,12-15,18H,3,6-7,10-11H2,1H3. The van der Waals surface area contributed by atoms with Crippen molar-refractivity contribution in [3.05, 3.63) is 66.1 Å². The van der Waals surface area contributed by atoms with Crippen molar-refractivity contribution in [2.75, 3.05) is 0 Å². The van der Waals surface area contributed by atoms with Crippen LogP contribution in [0.3, 0.4) is 0 Å². The average molecular weight is 402 g/mol. The van der Waals surface area contributed by atoms with Gasteiger partial charge in [-0.1, -0.05) is 66.4 Å². The number of rotatable bonds is 4. The third kappa shape index (κ3) is 3.43. The van der Waals surface area contributed by atoms with Crippen LogP contribution < -0.4 is 0 Å².